The number of hydrogen-bond acceptors (Lipinski definition) is 2. The molecule has 0 saturated heterocycles. The molecule has 0 aliphatic rings. The molecule has 1 rings (SSSR count). The Morgan fingerprint density at radius 3 is 2.33 bits per heavy atom. The quantitative estimate of drug-likeness (QED) is 0.774. The highest BCUT2D eigenvalue weighted by Crippen LogP contribution is 2.36. The standard InChI is InChI=1S/C17H27NO2Si/c1-14(12-13-21(5,6)17(2,3)4)20-16(19)18-15-10-8-7-9-11-15/h7-14H,1-6H3,(H,18,19)/b13-12-/t14-/m1/s1. The van der Waals surface area contributed by atoms with Gasteiger partial charge in [0.15, 0.2) is 0 Å². The van der Waals surface area contributed by atoms with Gasteiger partial charge in [0.25, 0.3) is 0 Å². The summed E-state index contributed by atoms with van der Waals surface area (Å²) >= 11 is 0. The van der Waals surface area contributed by atoms with Gasteiger partial charge in [0, 0.05) is 5.69 Å². The molecule has 0 aliphatic carbocycles. The van der Waals surface area contributed by atoms with Crippen molar-refractivity contribution in [2.45, 2.75) is 51.9 Å². The van der Waals surface area contributed by atoms with E-state index in [-0.39, 0.29) is 11.1 Å². The number of para-hydroxylation sites is 1. The highest BCUT2D eigenvalue weighted by molar-refractivity contribution is 6.84. The Morgan fingerprint density at radius 2 is 1.81 bits per heavy atom. The first-order chi connectivity index (χ1) is 9.62. The van der Waals surface area contributed by atoms with Crippen molar-refractivity contribution in [1.82, 2.24) is 0 Å². The monoisotopic (exact) mass is 305 g/mol. The van der Waals surface area contributed by atoms with Crippen molar-refractivity contribution >= 4 is 19.9 Å². The second-order valence-electron chi connectivity index (χ2n) is 6.93. The summed E-state index contributed by atoms with van der Waals surface area (Å²) in [6, 6.07) is 9.31. The highest BCUT2D eigenvalue weighted by atomic mass is 28.3. The van der Waals surface area contributed by atoms with Gasteiger partial charge >= 0.3 is 6.09 Å². The van der Waals surface area contributed by atoms with Gasteiger partial charge in [0.1, 0.15) is 6.10 Å². The van der Waals surface area contributed by atoms with Gasteiger partial charge in [0.2, 0.25) is 0 Å². The smallest absolute Gasteiger partial charge is 0.412 e. The predicted octanol–water partition coefficient (Wildman–Crippen LogP) is 5.23. The summed E-state index contributed by atoms with van der Waals surface area (Å²) in [5, 5.41) is 3.00. The van der Waals surface area contributed by atoms with E-state index in [1.807, 2.05) is 43.3 Å². The minimum absolute atomic E-state index is 0.233. The lowest BCUT2D eigenvalue weighted by Crippen LogP contribution is -2.35. The maximum atomic E-state index is 11.8. The fourth-order valence-electron chi connectivity index (χ4n) is 1.50. The van der Waals surface area contributed by atoms with E-state index in [1.54, 1.807) is 0 Å². The number of benzene rings is 1. The van der Waals surface area contributed by atoms with Crippen LogP contribution in [-0.4, -0.2) is 20.3 Å². The summed E-state index contributed by atoms with van der Waals surface area (Å²) in [7, 11) is -1.49. The topological polar surface area (TPSA) is 38.3 Å². The predicted molar refractivity (Wildman–Crippen MR) is 92.3 cm³/mol. The van der Waals surface area contributed by atoms with Gasteiger partial charge in [0.05, 0.1) is 8.07 Å². The molecule has 0 heterocycles. The van der Waals surface area contributed by atoms with Gasteiger partial charge in [-0.3, -0.25) is 5.32 Å². The van der Waals surface area contributed by atoms with Crippen LogP contribution in [0.4, 0.5) is 10.5 Å². The molecular weight excluding hydrogens is 278 g/mol. The third kappa shape index (κ3) is 5.75. The number of carbonyl (C=O) groups excluding carboxylic acids is 1. The summed E-state index contributed by atoms with van der Waals surface area (Å²) < 4.78 is 5.35. The summed E-state index contributed by atoms with van der Waals surface area (Å²) in [6.45, 7) is 13.3. The van der Waals surface area contributed by atoms with E-state index in [1.165, 1.54) is 0 Å². The van der Waals surface area contributed by atoms with Crippen LogP contribution < -0.4 is 5.32 Å². The number of ether oxygens (including phenoxy) is 1. The SMILES string of the molecule is C[C@H](/C=C\[Si](C)(C)C(C)(C)C)OC(=O)Nc1ccccc1. The second-order valence-corrected chi connectivity index (χ2v) is 12.2. The molecule has 0 unspecified atom stereocenters. The van der Waals surface area contributed by atoms with Crippen molar-refractivity contribution in [3.05, 3.63) is 42.1 Å². The molecule has 3 nitrogen and oxygen atoms in total. The zero-order valence-electron chi connectivity index (χ0n) is 13.9. The number of carbonyl (C=O) groups is 1. The zero-order valence-corrected chi connectivity index (χ0v) is 14.9. The first-order valence-electron chi connectivity index (χ1n) is 7.34. The van der Waals surface area contributed by atoms with Crippen LogP contribution in [0.15, 0.2) is 42.1 Å². The second kappa shape index (κ2) is 6.94. The number of anilines is 1. The third-order valence-electron chi connectivity index (χ3n) is 4.03. The molecule has 0 spiro atoms. The molecule has 1 atom stereocenters. The molecule has 0 saturated carbocycles. The summed E-state index contributed by atoms with van der Waals surface area (Å²) in [4.78, 5) is 11.8. The zero-order chi connectivity index (χ0) is 16.1. The van der Waals surface area contributed by atoms with Crippen molar-refractivity contribution in [3.63, 3.8) is 0 Å². The van der Waals surface area contributed by atoms with Crippen molar-refractivity contribution in [3.8, 4) is 0 Å². The maximum absolute atomic E-state index is 11.8. The van der Waals surface area contributed by atoms with Crippen molar-refractivity contribution in [2.24, 2.45) is 0 Å². The fourth-order valence-corrected chi connectivity index (χ4v) is 2.76. The van der Waals surface area contributed by atoms with Crippen LogP contribution in [0.2, 0.25) is 18.1 Å². The average molecular weight is 305 g/mol. The van der Waals surface area contributed by atoms with E-state index < -0.39 is 14.2 Å². The lowest BCUT2D eigenvalue weighted by Gasteiger charge is -2.34. The summed E-state index contributed by atoms with van der Waals surface area (Å²) in [5.41, 5.74) is 3.00. The molecule has 4 heteroatoms. The van der Waals surface area contributed by atoms with Gasteiger partial charge in [-0.15, -0.1) is 0 Å². The number of hydrogen-bond donors (Lipinski definition) is 1. The number of rotatable bonds is 4. The molecule has 21 heavy (non-hydrogen) atoms. The Morgan fingerprint density at radius 1 is 1.24 bits per heavy atom. The minimum Gasteiger partial charge on any atom is -0.442 e. The Bertz CT molecular complexity index is 489. The van der Waals surface area contributed by atoms with Crippen molar-refractivity contribution in [1.29, 1.82) is 0 Å². The number of nitrogens with one attached hydrogen (secondary N) is 1. The van der Waals surface area contributed by atoms with E-state index in [2.05, 4.69) is 44.9 Å². The minimum atomic E-state index is -1.49. The molecule has 0 aromatic heterocycles. The molecule has 1 aromatic carbocycles. The molecule has 116 valence electrons. The first kappa shape index (κ1) is 17.5. The van der Waals surface area contributed by atoms with Gasteiger partial charge < -0.3 is 4.74 Å². The molecule has 0 fully saturated rings. The van der Waals surface area contributed by atoms with Crippen LogP contribution in [0.25, 0.3) is 0 Å². The summed E-state index contributed by atoms with van der Waals surface area (Å²) in [5.74, 6) is 0. The Labute approximate surface area is 129 Å². The van der Waals surface area contributed by atoms with Gasteiger partial charge in [-0.25, -0.2) is 4.79 Å². The Balaban J connectivity index is 2.54. The normalized spacial score (nSPS) is 14.0. The van der Waals surface area contributed by atoms with Crippen molar-refractivity contribution in [2.75, 3.05) is 5.32 Å². The number of amides is 1. The van der Waals surface area contributed by atoms with E-state index in [0.29, 0.717) is 0 Å². The largest absolute Gasteiger partial charge is 0.442 e. The fraction of sp³-hybridized carbons (Fsp3) is 0.471. The molecular formula is C17H27NO2Si. The van der Waals surface area contributed by atoms with E-state index in [0.717, 1.165) is 5.69 Å². The van der Waals surface area contributed by atoms with Crippen LogP contribution in [-0.2, 0) is 4.74 Å². The van der Waals surface area contributed by atoms with Crippen LogP contribution in [0.3, 0.4) is 0 Å². The molecule has 0 bridgehead atoms. The lowest BCUT2D eigenvalue weighted by molar-refractivity contribution is 0.142. The molecule has 1 aromatic rings. The van der Waals surface area contributed by atoms with Crippen LogP contribution >= 0.6 is 0 Å². The molecule has 1 amide bonds. The van der Waals surface area contributed by atoms with Crippen LogP contribution in [0.5, 0.6) is 0 Å². The molecule has 1 N–H and O–H groups in total. The average Bonchev–Trinajstić information content (AvgIpc) is 2.36. The molecule has 0 aliphatic heterocycles. The van der Waals surface area contributed by atoms with E-state index in [4.69, 9.17) is 4.74 Å². The Hall–Kier alpha value is -1.55. The van der Waals surface area contributed by atoms with E-state index >= 15 is 0 Å². The van der Waals surface area contributed by atoms with Crippen LogP contribution in [0, 0.1) is 0 Å². The Kier molecular flexibility index (Phi) is 5.78. The van der Waals surface area contributed by atoms with Gasteiger partial charge in [-0.05, 0) is 24.1 Å². The van der Waals surface area contributed by atoms with Gasteiger partial charge in [-0.1, -0.05) is 63.8 Å². The maximum Gasteiger partial charge on any atom is 0.412 e. The molecule has 0 radical (unpaired) electrons. The lowest BCUT2D eigenvalue weighted by atomic mass is 10.2. The highest BCUT2D eigenvalue weighted by Gasteiger charge is 2.32. The summed E-state index contributed by atoms with van der Waals surface area (Å²) in [6.07, 6.45) is 1.35. The third-order valence-corrected chi connectivity index (χ3v) is 8.92. The van der Waals surface area contributed by atoms with Crippen LogP contribution in [0.1, 0.15) is 27.7 Å². The van der Waals surface area contributed by atoms with Gasteiger partial charge in [-0.2, -0.15) is 0 Å². The first-order valence-corrected chi connectivity index (χ1v) is 10.4. The van der Waals surface area contributed by atoms with E-state index in [9.17, 15) is 4.79 Å². The van der Waals surface area contributed by atoms with Crippen molar-refractivity contribution < 1.29 is 9.53 Å².